The van der Waals surface area contributed by atoms with E-state index in [1.807, 2.05) is 0 Å². The van der Waals surface area contributed by atoms with Gasteiger partial charge >= 0.3 is 0 Å². The lowest BCUT2D eigenvalue weighted by Crippen LogP contribution is -2.71. The fourth-order valence-corrected chi connectivity index (χ4v) is 5.60. The van der Waals surface area contributed by atoms with Gasteiger partial charge in [-0.25, -0.2) is 0 Å². The molecule has 0 aromatic heterocycles. The monoisotopic (exact) mass is 460 g/mol. The van der Waals surface area contributed by atoms with Crippen molar-refractivity contribution in [3.05, 3.63) is 46.2 Å². The molecule has 1 fully saturated rings. The molecule has 0 spiro atoms. The van der Waals surface area contributed by atoms with E-state index in [1.165, 1.54) is 44.1 Å². The summed E-state index contributed by atoms with van der Waals surface area (Å²) in [6, 6.07) is 2.50. The summed E-state index contributed by atoms with van der Waals surface area (Å²) in [6.45, 7) is 1.25. The molecule has 0 saturated heterocycles. The molecule has 11 nitrogen and oxygen atoms in total. The van der Waals surface area contributed by atoms with Crippen molar-refractivity contribution in [2.75, 3.05) is 14.1 Å². The van der Waals surface area contributed by atoms with Gasteiger partial charge in [0, 0.05) is 0 Å². The van der Waals surface area contributed by atoms with E-state index in [9.17, 15) is 45.0 Å². The van der Waals surface area contributed by atoms with Crippen LogP contribution < -0.4 is 5.73 Å². The first kappa shape index (κ1) is 22.9. The highest BCUT2D eigenvalue weighted by molar-refractivity contribution is 6.24. The summed E-state index contributed by atoms with van der Waals surface area (Å²) in [5.74, 6) is -9.67. The predicted molar refractivity (Wildman–Crippen MR) is 112 cm³/mol. The van der Waals surface area contributed by atoms with Crippen molar-refractivity contribution in [3.8, 4) is 5.75 Å². The van der Waals surface area contributed by atoms with Crippen molar-refractivity contribution >= 4 is 23.2 Å². The van der Waals surface area contributed by atoms with E-state index < -0.39 is 81.1 Å². The molecule has 1 amide bonds. The Balaban J connectivity index is 2.11. The number of likely N-dealkylation sites (N-methyl/N-ethyl adjacent to an activating group) is 1. The number of benzene rings is 1. The first-order valence-corrected chi connectivity index (χ1v) is 10.1. The molecule has 3 aliphatic rings. The molecule has 11 heteroatoms. The Bertz CT molecular complexity index is 1180. The number of carbonyl (C=O) groups is 3. The molecule has 1 aromatic carbocycles. The molecule has 1 saturated carbocycles. The molecule has 8 N–H and O–H groups in total. The molecule has 176 valence electrons. The summed E-state index contributed by atoms with van der Waals surface area (Å²) in [4.78, 5) is 39.9. The molecular weight excluding hydrogens is 436 g/mol. The number of primary amides is 1. The maximum atomic E-state index is 13.7. The van der Waals surface area contributed by atoms with Crippen LogP contribution >= 0.6 is 0 Å². The number of amides is 1. The number of aromatic hydroxyl groups is 1. The number of fused-ring (bicyclic) bond motifs is 3. The third-order valence-corrected chi connectivity index (χ3v) is 7.03. The molecular formula is C22H24N2O9. The molecule has 1 aromatic rings. The number of rotatable bonds is 2. The molecule has 6 atom stereocenters. The third kappa shape index (κ3) is 2.61. The van der Waals surface area contributed by atoms with Gasteiger partial charge in [0.2, 0.25) is 5.78 Å². The number of hydrogen-bond donors (Lipinski definition) is 7. The van der Waals surface area contributed by atoms with Crippen LogP contribution in [-0.4, -0.2) is 84.9 Å². The first-order valence-electron chi connectivity index (χ1n) is 10.1. The summed E-state index contributed by atoms with van der Waals surface area (Å²) >= 11 is 0. The number of hydrogen-bond acceptors (Lipinski definition) is 10. The van der Waals surface area contributed by atoms with Crippen LogP contribution in [0.25, 0.3) is 5.76 Å². The van der Waals surface area contributed by atoms with Crippen LogP contribution in [0.5, 0.6) is 5.75 Å². The Morgan fingerprint density at radius 3 is 2.27 bits per heavy atom. The van der Waals surface area contributed by atoms with Gasteiger partial charge in [-0.1, -0.05) is 12.1 Å². The van der Waals surface area contributed by atoms with Gasteiger partial charge in [-0.3, -0.25) is 19.3 Å². The first-order chi connectivity index (χ1) is 15.2. The summed E-state index contributed by atoms with van der Waals surface area (Å²) < 4.78 is 0. The number of phenolic OH excluding ortho intramolecular Hbond substituents is 1. The molecule has 0 heterocycles. The number of nitrogens with zero attached hydrogens (tertiary/aromatic N) is 1. The van der Waals surface area contributed by atoms with E-state index in [2.05, 4.69) is 0 Å². The van der Waals surface area contributed by atoms with Crippen molar-refractivity contribution in [1.29, 1.82) is 0 Å². The van der Waals surface area contributed by atoms with Crippen LogP contribution in [0.3, 0.4) is 0 Å². The second-order valence-corrected chi connectivity index (χ2v) is 9.06. The Morgan fingerprint density at radius 2 is 1.73 bits per heavy atom. The largest absolute Gasteiger partial charge is 0.508 e. The van der Waals surface area contributed by atoms with E-state index in [0.29, 0.717) is 0 Å². The van der Waals surface area contributed by atoms with Crippen molar-refractivity contribution < 1.29 is 45.0 Å². The lowest BCUT2D eigenvalue weighted by Gasteiger charge is -2.55. The number of phenols is 1. The Hall–Kier alpha value is -3.25. The summed E-state index contributed by atoms with van der Waals surface area (Å²) in [7, 11) is 2.80. The highest BCUT2D eigenvalue weighted by Crippen LogP contribution is 2.57. The standard InChI is InChI=1S/C22H24N2O9/c1-21(32)7-5-4-6-8(25)9(7)15(26)10-12(21)17(28)13-14(24(2)3)16(27)11(20(23)31)19(30)22(13,33)18(10)29/h4-6,12-14,17,25-26,28,30,32-33H,1-3H3,(H2,23,31)/t12-,13-,14+,17+,21-,22+/m0/s1. The fraction of sp³-hybridized carbons (Fsp3) is 0.409. The van der Waals surface area contributed by atoms with Gasteiger partial charge in [-0.15, -0.1) is 0 Å². The fourth-order valence-electron chi connectivity index (χ4n) is 5.60. The number of aliphatic hydroxyl groups excluding tert-OH is 3. The van der Waals surface area contributed by atoms with Gasteiger partial charge in [0.05, 0.1) is 40.7 Å². The lowest BCUT2D eigenvalue weighted by molar-refractivity contribution is -0.181. The van der Waals surface area contributed by atoms with Crippen molar-refractivity contribution in [2.45, 2.75) is 30.3 Å². The minimum Gasteiger partial charge on any atom is -0.508 e. The molecule has 0 radical (unpaired) electrons. The highest BCUT2D eigenvalue weighted by atomic mass is 16.4. The number of Topliss-reactive ketones (excluding diaryl/α,β-unsaturated/α-hetero) is 2. The number of nitrogens with two attached hydrogens (primary N) is 1. The second kappa shape index (κ2) is 6.87. The van der Waals surface area contributed by atoms with E-state index in [1.54, 1.807) is 0 Å². The van der Waals surface area contributed by atoms with Crippen LogP contribution in [0.4, 0.5) is 0 Å². The van der Waals surface area contributed by atoms with Crippen molar-refractivity contribution in [2.24, 2.45) is 17.6 Å². The molecule has 33 heavy (non-hydrogen) atoms. The summed E-state index contributed by atoms with van der Waals surface area (Å²) in [5.41, 5.74) is -1.78. The van der Waals surface area contributed by atoms with E-state index in [-0.39, 0.29) is 11.1 Å². The number of ketones is 2. The summed E-state index contributed by atoms with van der Waals surface area (Å²) in [5, 5.41) is 66.3. The molecule has 0 bridgehead atoms. The molecule has 3 aliphatic carbocycles. The Morgan fingerprint density at radius 1 is 1.12 bits per heavy atom. The van der Waals surface area contributed by atoms with Gasteiger partial charge in [-0.2, -0.15) is 0 Å². The van der Waals surface area contributed by atoms with Gasteiger partial charge < -0.3 is 36.4 Å². The van der Waals surface area contributed by atoms with Crippen LogP contribution in [-0.2, 0) is 20.0 Å². The lowest BCUT2D eigenvalue weighted by atomic mass is 9.53. The van der Waals surface area contributed by atoms with Crippen LogP contribution in [0, 0.1) is 11.8 Å². The maximum absolute atomic E-state index is 13.7. The molecule has 0 unspecified atom stereocenters. The average molecular weight is 460 g/mol. The van der Waals surface area contributed by atoms with Gasteiger partial charge in [0.25, 0.3) is 5.91 Å². The Labute approximate surface area is 187 Å². The highest BCUT2D eigenvalue weighted by Gasteiger charge is 2.70. The topological polar surface area (TPSA) is 202 Å². The minimum absolute atomic E-state index is 0.00664. The number of aliphatic hydroxyl groups is 5. The smallest absolute Gasteiger partial charge is 0.255 e. The average Bonchev–Trinajstić information content (AvgIpc) is 2.70. The van der Waals surface area contributed by atoms with Crippen LogP contribution in [0.15, 0.2) is 35.1 Å². The van der Waals surface area contributed by atoms with E-state index >= 15 is 0 Å². The van der Waals surface area contributed by atoms with Crippen molar-refractivity contribution in [3.63, 3.8) is 0 Å². The minimum atomic E-state index is -3.02. The van der Waals surface area contributed by atoms with E-state index in [4.69, 9.17) is 5.73 Å². The van der Waals surface area contributed by atoms with Gasteiger partial charge in [-0.05, 0) is 32.6 Å². The zero-order chi connectivity index (χ0) is 24.8. The SMILES string of the molecule is CN(C)[C@H]1C(=O)C(C(N)=O)=C(O)[C@]2(O)C(=O)C3=C(O)c4c(O)cccc4[C@](C)(O)[C@@H]3[C@@H](O)[C@H]12. The van der Waals surface area contributed by atoms with Crippen LogP contribution in [0.1, 0.15) is 18.1 Å². The van der Waals surface area contributed by atoms with Gasteiger partial charge in [0.15, 0.2) is 11.4 Å². The summed E-state index contributed by atoms with van der Waals surface area (Å²) in [6.07, 6.45) is -1.87. The van der Waals surface area contributed by atoms with E-state index in [0.717, 1.165) is 0 Å². The molecule has 0 aliphatic heterocycles. The van der Waals surface area contributed by atoms with Crippen LogP contribution in [0.2, 0.25) is 0 Å². The Kier molecular flexibility index (Phi) is 4.78. The zero-order valence-electron chi connectivity index (χ0n) is 18.0. The number of carbonyl (C=O) groups excluding carboxylic acids is 3. The maximum Gasteiger partial charge on any atom is 0.255 e. The van der Waals surface area contributed by atoms with Crippen molar-refractivity contribution in [1.82, 2.24) is 4.90 Å². The predicted octanol–water partition coefficient (Wildman–Crippen LogP) is -1.40. The normalized spacial score (nSPS) is 36.0. The second-order valence-electron chi connectivity index (χ2n) is 9.06. The third-order valence-electron chi connectivity index (χ3n) is 7.03. The zero-order valence-corrected chi connectivity index (χ0v) is 18.0. The quantitative estimate of drug-likeness (QED) is 0.257. The van der Waals surface area contributed by atoms with Gasteiger partial charge in [0.1, 0.15) is 22.8 Å². The molecule has 4 rings (SSSR count).